The van der Waals surface area contributed by atoms with Crippen molar-refractivity contribution in [2.45, 2.75) is 33.0 Å². The van der Waals surface area contributed by atoms with Crippen LogP contribution in [0.1, 0.15) is 24.0 Å². The van der Waals surface area contributed by atoms with Gasteiger partial charge in [-0.1, -0.05) is 6.92 Å². The second kappa shape index (κ2) is 6.86. The normalized spacial score (nSPS) is 11.7. The number of hydrogen-bond acceptors (Lipinski definition) is 4. The lowest BCUT2D eigenvalue weighted by Crippen LogP contribution is -2.21. The van der Waals surface area contributed by atoms with Gasteiger partial charge in [0.2, 0.25) is 11.7 Å². The first kappa shape index (κ1) is 18.6. The first-order valence-electron chi connectivity index (χ1n) is 8.12. The van der Waals surface area contributed by atoms with E-state index in [4.69, 9.17) is 0 Å². The molecule has 0 aliphatic rings. The highest BCUT2D eigenvalue weighted by atomic mass is 19.4. The summed E-state index contributed by atoms with van der Waals surface area (Å²) in [6.07, 6.45) is -3.89. The first-order chi connectivity index (χ1) is 12.7. The molecule has 0 aliphatic carbocycles. The molecule has 7 nitrogen and oxygen atoms in total. The van der Waals surface area contributed by atoms with Gasteiger partial charge in [-0.2, -0.15) is 17.7 Å². The third-order valence-corrected chi connectivity index (χ3v) is 3.97. The SMILES string of the molecule is CCc1cc(=O)n2nc(C)n(CC(=O)Nc3ccc(C(F)(F)F)cc3)c2n1. The second-order valence-electron chi connectivity index (χ2n) is 5.91. The van der Waals surface area contributed by atoms with E-state index in [9.17, 15) is 22.8 Å². The van der Waals surface area contributed by atoms with Crippen molar-refractivity contribution in [3.63, 3.8) is 0 Å². The number of benzene rings is 1. The summed E-state index contributed by atoms with van der Waals surface area (Å²) in [5.74, 6) is 0.170. The summed E-state index contributed by atoms with van der Waals surface area (Å²) in [5.41, 5.74) is -0.340. The molecule has 1 amide bonds. The van der Waals surface area contributed by atoms with E-state index in [1.54, 1.807) is 6.92 Å². The van der Waals surface area contributed by atoms with Crippen LogP contribution in [0.15, 0.2) is 35.1 Å². The summed E-state index contributed by atoms with van der Waals surface area (Å²) >= 11 is 0. The van der Waals surface area contributed by atoms with Crippen LogP contribution in [0.3, 0.4) is 0 Å². The number of hydrogen-bond donors (Lipinski definition) is 1. The molecular weight excluding hydrogens is 363 g/mol. The minimum absolute atomic E-state index is 0.185. The number of fused-ring (bicyclic) bond motifs is 1. The number of anilines is 1. The predicted octanol–water partition coefficient (Wildman–Crippen LogP) is 2.42. The van der Waals surface area contributed by atoms with Crippen molar-refractivity contribution in [2.24, 2.45) is 0 Å². The molecule has 2 aromatic heterocycles. The summed E-state index contributed by atoms with van der Waals surface area (Å²) in [4.78, 5) is 28.7. The zero-order valence-electron chi connectivity index (χ0n) is 14.5. The zero-order chi connectivity index (χ0) is 19.8. The van der Waals surface area contributed by atoms with Gasteiger partial charge in [0, 0.05) is 17.4 Å². The minimum Gasteiger partial charge on any atom is -0.325 e. The van der Waals surface area contributed by atoms with E-state index in [1.165, 1.54) is 22.8 Å². The van der Waals surface area contributed by atoms with Gasteiger partial charge in [0.25, 0.3) is 5.56 Å². The van der Waals surface area contributed by atoms with E-state index < -0.39 is 17.6 Å². The maximum atomic E-state index is 12.6. The smallest absolute Gasteiger partial charge is 0.325 e. The minimum atomic E-state index is -4.44. The quantitative estimate of drug-likeness (QED) is 0.755. The molecule has 0 fully saturated rings. The monoisotopic (exact) mass is 379 g/mol. The van der Waals surface area contributed by atoms with Crippen LogP contribution in [0.4, 0.5) is 18.9 Å². The Kier molecular flexibility index (Phi) is 4.73. The average molecular weight is 379 g/mol. The molecule has 3 rings (SSSR count). The Balaban J connectivity index is 1.83. The molecule has 0 spiro atoms. The molecule has 0 atom stereocenters. The topological polar surface area (TPSA) is 81.3 Å². The first-order valence-corrected chi connectivity index (χ1v) is 8.12. The molecule has 0 saturated carbocycles. The van der Waals surface area contributed by atoms with Crippen LogP contribution in [0.2, 0.25) is 0 Å². The van der Waals surface area contributed by atoms with Gasteiger partial charge in [-0.05, 0) is 37.6 Å². The van der Waals surface area contributed by atoms with Crippen molar-refractivity contribution in [3.05, 3.63) is 57.8 Å². The number of carbonyl (C=O) groups excluding carboxylic acids is 1. The number of aryl methyl sites for hydroxylation is 2. The lowest BCUT2D eigenvalue weighted by molar-refractivity contribution is -0.137. The molecule has 0 saturated heterocycles. The predicted molar refractivity (Wildman–Crippen MR) is 91.4 cm³/mol. The molecule has 0 radical (unpaired) electrons. The summed E-state index contributed by atoms with van der Waals surface area (Å²) in [6.45, 7) is 3.30. The molecule has 2 heterocycles. The standard InChI is InChI=1S/C17H16F3N5O2/c1-3-12-8-15(27)25-16(22-12)24(10(2)23-25)9-14(26)21-13-6-4-11(5-7-13)17(18,19)20/h4-8H,3,9H2,1-2H3,(H,21,26). The zero-order valence-corrected chi connectivity index (χ0v) is 14.5. The number of rotatable bonds is 4. The Bertz CT molecular complexity index is 1050. The summed E-state index contributed by atoms with van der Waals surface area (Å²) in [7, 11) is 0. The van der Waals surface area contributed by atoms with Gasteiger partial charge in [0.1, 0.15) is 12.4 Å². The van der Waals surface area contributed by atoms with E-state index in [1.807, 2.05) is 6.92 Å². The van der Waals surface area contributed by atoms with Gasteiger partial charge in [0.05, 0.1) is 5.56 Å². The van der Waals surface area contributed by atoms with E-state index in [0.717, 1.165) is 16.6 Å². The Morgan fingerprint density at radius 2 is 1.89 bits per heavy atom. The molecule has 142 valence electrons. The molecule has 0 bridgehead atoms. The molecule has 3 aromatic rings. The highest BCUT2D eigenvalue weighted by Gasteiger charge is 2.30. The molecule has 10 heteroatoms. The van der Waals surface area contributed by atoms with Gasteiger partial charge in [-0.15, -0.1) is 5.10 Å². The number of nitrogens with zero attached hydrogens (tertiary/aromatic N) is 4. The van der Waals surface area contributed by atoms with Crippen LogP contribution in [-0.2, 0) is 23.9 Å². The lowest BCUT2D eigenvalue weighted by Gasteiger charge is -2.10. The fourth-order valence-corrected chi connectivity index (χ4v) is 2.58. The van der Waals surface area contributed by atoms with Gasteiger partial charge in [-0.25, -0.2) is 4.98 Å². The highest BCUT2D eigenvalue weighted by Crippen LogP contribution is 2.29. The number of nitrogens with one attached hydrogen (secondary N) is 1. The number of aromatic nitrogens is 4. The second-order valence-corrected chi connectivity index (χ2v) is 5.91. The maximum Gasteiger partial charge on any atom is 0.416 e. The van der Waals surface area contributed by atoms with Crippen molar-refractivity contribution >= 4 is 17.4 Å². The Morgan fingerprint density at radius 1 is 1.22 bits per heavy atom. The molecular formula is C17H16F3N5O2. The third-order valence-electron chi connectivity index (χ3n) is 3.97. The fourth-order valence-electron chi connectivity index (χ4n) is 2.58. The van der Waals surface area contributed by atoms with E-state index >= 15 is 0 Å². The summed E-state index contributed by atoms with van der Waals surface area (Å²) < 4.78 is 40.3. The van der Waals surface area contributed by atoms with Crippen LogP contribution in [0.5, 0.6) is 0 Å². The van der Waals surface area contributed by atoms with Gasteiger partial charge < -0.3 is 5.32 Å². The highest BCUT2D eigenvalue weighted by molar-refractivity contribution is 5.90. The summed E-state index contributed by atoms with van der Waals surface area (Å²) in [6, 6.07) is 5.52. The third kappa shape index (κ3) is 3.83. The number of alkyl halides is 3. The number of halogens is 3. The van der Waals surface area contributed by atoms with Crippen LogP contribution in [0, 0.1) is 6.92 Å². The molecule has 1 N–H and O–H groups in total. The summed E-state index contributed by atoms with van der Waals surface area (Å²) in [5, 5.41) is 6.61. The van der Waals surface area contributed by atoms with Crippen LogP contribution < -0.4 is 10.9 Å². The molecule has 0 aliphatic heterocycles. The Morgan fingerprint density at radius 3 is 2.48 bits per heavy atom. The molecule has 27 heavy (non-hydrogen) atoms. The number of amides is 1. The Labute approximate surface area is 151 Å². The van der Waals surface area contributed by atoms with Gasteiger partial charge >= 0.3 is 6.18 Å². The van der Waals surface area contributed by atoms with E-state index in [-0.39, 0.29) is 23.6 Å². The van der Waals surface area contributed by atoms with Crippen molar-refractivity contribution in [2.75, 3.05) is 5.32 Å². The van der Waals surface area contributed by atoms with Gasteiger partial charge in [-0.3, -0.25) is 14.2 Å². The molecule has 0 unspecified atom stereocenters. The average Bonchev–Trinajstić information content (AvgIpc) is 2.91. The van der Waals surface area contributed by atoms with Crippen molar-refractivity contribution in [1.29, 1.82) is 0 Å². The number of carbonyl (C=O) groups is 1. The van der Waals surface area contributed by atoms with Crippen molar-refractivity contribution < 1.29 is 18.0 Å². The molecule has 1 aromatic carbocycles. The van der Waals surface area contributed by atoms with Crippen molar-refractivity contribution in [3.8, 4) is 0 Å². The van der Waals surface area contributed by atoms with Gasteiger partial charge in [0.15, 0.2) is 0 Å². The van der Waals surface area contributed by atoms with Crippen LogP contribution in [-0.4, -0.2) is 25.1 Å². The fraction of sp³-hybridized carbons (Fsp3) is 0.294. The Hall–Kier alpha value is -3.17. The van der Waals surface area contributed by atoms with E-state index in [0.29, 0.717) is 17.9 Å². The van der Waals surface area contributed by atoms with Crippen LogP contribution >= 0.6 is 0 Å². The maximum absolute atomic E-state index is 12.6. The van der Waals surface area contributed by atoms with Crippen molar-refractivity contribution in [1.82, 2.24) is 19.2 Å². The largest absolute Gasteiger partial charge is 0.416 e. The van der Waals surface area contributed by atoms with E-state index in [2.05, 4.69) is 15.4 Å². The lowest BCUT2D eigenvalue weighted by atomic mass is 10.2. The van der Waals surface area contributed by atoms with Crippen LogP contribution in [0.25, 0.3) is 5.78 Å².